The van der Waals surface area contributed by atoms with Crippen LogP contribution in [-0.4, -0.2) is 67.3 Å². The monoisotopic (exact) mass is 295 g/mol. The number of hydrogen-bond acceptors (Lipinski definition) is 4. The molecule has 122 valence electrons. The Bertz CT molecular complexity index is 322. The van der Waals surface area contributed by atoms with Crippen LogP contribution < -0.4 is 5.73 Å². The molecule has 0 radical (unpaired) electrons. The lowest BCUT2D eigenvalue weighted by molar-refractivity contribution is -0.106. The van der Waals surface area contributed by atoms with Crippen molar-refractivity contribution < 1.29 is 4.74 Å². The molecule has 2 heterocycles. The molecule has 21 heavy (non-hydrogen) atoms. The summed E-state index contributed by atoms with van der Waals surface area (Å²) in [4.78, 5) is 5.34. The molecule has 3 rings (SSSR count). The number of hydrogen-bond donors (Lipinski definition) is 1. The lowest BCUT2D eigenvalue weighted by Gasteiger charge is -2.46. The van der Waals surface area contributed by atoms with Crippen molar-refractivity contribution in [1.82, 2.24) is 9.80 Å². The second-order valence-corrected chi connectivity index (χ2v) is 7.56. The summed E-state index contributed by atoms with van der Waals surface area (Å²) in [6, 6.07) is 0.769. The summed E-state index contributed by atoms with van der Waals surface area (Å²) in [5, 5.41) is 0. The molecule has 0 bridgehead atoms. The van der Waals surface area contributed by atoms with Crippen molar-refractivity contribution >= 4 is 0 Å². The molecule has 1 aliphatic carbocycles. The summed E-state index contributed by atoms with van der Waals surface area (Å²) in [5.41, 5.74) is 6.01. The van der Waals surface area contributed by atoms with E-state index in [1.54, 1.807) is 0 Å². The maximum Gasteiger partial charge on any atom is 0.0697 e. The summed E-state index contributed by atoms with van der Waals surface area (Å²) < 4.78 is 6.18. The Balaban J connectivity index is 1.48. The molecular formula is C17H33N3O. The fraction of sp³-hybridized carbons (Fsp3) is 1.00. The van der Waals surface area contributed by atoms with Gasteiger partial charge in [0, 0.05) is 45.4 Å². The van der Waals surface area contributed by atoms with Crippen LogP contribution in [0.5, 0.6) is 0 Å². The minimum atomic E-state index is 0.258. The predicted molar refractivity (Wildman–Crippen MR) is 86.4 cm³/mol. The van der Waals surface area contributed by atoms with Gasteiger partial charge >= 0.3 is 0 Å². The molecule has 0 aromatic carbocycles. The molecule has 1 saturated carbocycles. The standard InChI is InChI=1S/C17H33N3O/c1-15(13-18)14-19-7-9-20(10-8-19)16-4-11-21-17(12-16)5-2-3-6-17/h15-16H,2-14,18H2,1H3. The fourth-order valence-electron chi connectivity index (χ4n) is 4.51. The van der Waals surface area contributed by atoms with E-state index in [-0.39, 0.29) is 5.60 Å². The van der Waals surface area contributed by atoms with Gasteiger partial charge in [-0.2, -0.15) is 0 Å². The summed E-state index contributed by atoms with van der Waals surface area (Å²) in [6.07, 6.45) is 7.87. The highest BCUT2D eigenvalue weighted by atomic mass is 16.5. The average molecular weight is 295 g/mol. The third-order valence-corrected chi connectivity index (χ3v) is 5.88. The molecule has 2 N–H and O–H groups in total. The molecule has 0 aromatic rings. The maximum absolute atomic E-state index is 6.18. The molecule has 0 aromatic heterocycles. The van der Waals surface area contributed by atoms with Gasteiger partial charge in [0.2, 0.25) is 0 Å². The van der Waals surface area contributed by atoms with Gasteiger partial charge in [-0.05, 0) is 38.1 Å². The zero-order valence-corrected chi connectivity index (χ0v) is 13.7. The van der Waals surface area contributed by atoms with Crippen molar-refractivity contribution in [2.75, 3.05) is 45.9 Å². The van der Waals surface area contributed by atoms with Crippen LogP contribution in [0.1, 0.15) is 45.4 Å². The minimum absolute atomic E-state index is 0.258. The Hall–Kier alpha value is -0.160. The summed E-state index contributed by atoms with van der Waals surface area (Å²) in [6.45, 7) is 10.1. The molecule has 4 nitrogen and oxygen atoms in total. The quantitative estimate of drug-likeness (QED) is 0.857. The third kappa shape index (κ3) is 3.79. The molecule has 4 heteroatoms. The van der Waals surface area contributed by atoms with E-state index in [9.17, 15) is 0 Å². The molecule has 3 fully saturated rings. The van der Waals surface area contributed by atoms with Crippen molar-refractivity contribution in [2.45, 2.75) is 57.1 Å². The van der Waals surface area contributed by atoms with Gasteiger partial charge in [0.25, 0.3) is 0 Å². The van der Waals surface area contributed by atoms with Gasteiger partial charge in [0.1, 0.15) is 0 Å². The van der Waals surface area contributed by atoms with Gasteiger partial charge in [-0.3, -0.25) is 4.90 Å². The zero-order chi connectivity index (χ0) is 14.7. The van der Waals surface area contributed by atoms with E-state index in [1.165, 1.54) is 71.2 Å². The SMILES string of the molecule is CC(CN)CN1CCN(C2CCOC3(CCCC3)C2)CC1. The molecule has 2 atom stereocenters. The molecule has 0 amide bonds. The van der Waals surface area contributed by atoms with E-state index in [0.29, 0.717) is 5.92 Å². The van der Waals surface area contributed by atoms with Crippen molar-refractivity contribution in [3.63, 3.8) is 0 Å². The van der Waals surface area contributed by atoms with Crippen LogP contribution in [0.15, 0.2) is 0 Å². The number of nitrogens with two attached hydrogens (primary N) is 1. The van der Waals surface area contributed by atoms with Crippen molar-refractivity contribution in [3.05, 3.63) is 0 Å². The average Bonchev–Trinajstić information content (AvgIpc) is 2.95. The fourth-order valence-corrected chi connectivity index (χ4v) is 4.51. The number of piperazine rings is 1. The molecule has 2 unspecified atom stereocenters. The minimum Gasteiger partial charge on any atom is -0.375 e. The second kappa shape index (κ2) is 6.95. The van der Waals surface area contributed by atoms with Crippen LogP contribution in [0.2, 0.25) is 0 Å². The maximum atomic E-state index is 6.18. The Morgan fingerprint density at radius 3 is 2.57 bits per heavy atom. The van der Waals surface area contributed by atoms with Crippen LogP contribution in [0.4, 0.5) is 0 Å². The Morgan fingerprint density at radius 2 is 1.90 bits per heavy atom. The van der Waals surface area contributed by atoms with Gasteiger partial charge < -0.3 is 15.4 Å². The van der Waals surface area contributed by atoms with Crippen LogP contribution in [0.25, 0.3) is 0 Å². The molecule has 3 aliphatic rings. The zero-order valence-electron chi connectivity index (χ0n) is 13.7. The first kappa shape index (κ1) is 15.7. The summed E-state index contributed by atoms with van der Waals surface area (Å²) in [7, 11) is 0. The topological polar surface area (TPSA) is 41.7 Å². The van der Waals surface area contributed by atoms with Gasteiger partial charge in [0.05, 0.1) is 5.60 Å². The molecule has 2 aliphatic heterocycles. The molecular weight excluding hydrogens is 262 g/mol. The van der Waals surface area contributed by atoms with Crippen LogP contribution >= 0.6 is 0 Å². The first-order valence-corrected chi connectivity index (χ1v) is 9.01. The van der Waals surface area contributed by atoms with E-state index >= 15 is 0 Å². The molecule has 1 spiro atoms. The summed E-state index contributed by atoms with van der Waals surface area (Å²) >= 11 is 0. The highest BCUT2D eigenvalue weighted by Crippen LogP contribution is 2.41. The predicted octanol–water partition coefficient (Wildman–Crippen LogP) is 1.69. The second-order valence-electron chi connectivity index (χ2n) is 7.56. The lowest BCUT2D eigenvalue weighted by Crippen LogP contribution is -2.55. The van der Waals surface area contributed by atoms with Gasteiger partial charge in [-0.15, -0.1) is 0 Å². The van der Waals surface area contributed by atoms with Crippen LogP contribution in [0, 0.1) is 5.92 Å². The van der Waals surface area contributed by atoms with E-state index in [4.69, 9.17) is 10.5 Å². The Labute approximate surface area is 130 Å². The van der Waals surface area contributed by atoms with E-state index in [0.717, 1.165) is 19.2 Å². The largest absolute Gasteiger partial charge is 0.375 e. The Morgan fingerprint density at radius 1 is 1.19 bits per heavy atom. The van der Waals surface area contributed by atoms with Crippen molar-refractivity contribution in [1.29, 1.82) is 0 Å². The van der Waals surface area contributed by atoms with Crippen LogP contribution in [0.3, 0.4) is 0 Å². The van der Waals surface area contributed by atoms with E-state index in [1.807, 2.05) is 0 Å². The summed E-state index contributed by atoms with van der Waals surface area (Å²) in [5.74, 6) is 0.626. The van der Waals surface area contributed by atoms with E-state index in [2.05, 4.69) is 16.7 Å². The number of ether oxygens (including phenoxy) is 1. The smallest absolute Gasteiger partial charge is 0.0697 e. The normalized spacial score (nSPS) is 32.6. The van der Waals surface area contributed by atoms with Crippen molar-refractivity contribution in [3.8, 4) is 0 Å². The lowest BCUT2D eigenvalue weighted by atomic mass is 9.88. The van der Waals surface area contributed by atoms with Crippen LogP contribution in [-0.2, 0) is 4.74 Å². The van der Waals surface area contributed by atoms with Gasteiger partial charge in [-0.25, -0.2) is 0 Å². The molecule has 2 saturated heterocycles. The first-order valence-electron chi connectivity index (χ1n) is 9.01. The highest BCUT2D eigenvalue weighted by molar-refractivity contribution is 4.95. The van der Waals surface area contributed by atoms with E-state index < -0.39 is 0 Å². The van der Waals surface area contributed by atoms with Crippen molar-refractivity contribution in [2.24, 2.45) is 11.7 Å². The number of nitrogens with zero attached hydrogens (tertiary/aromatic N) is 2. The number of rotatable bonds is 4. The van der Waals surface area contributed by atoms with Gasteiger partial charge in [-0.1, -0.05) is 19.8 Å². The highest BCUT2D eigenvalue weighted by Gasteiger charge is 2.41. The third-order valence-electron chi connectivity index (χ3n) is 5.88. The Kier molecular flexibility index (Phi) is 5.20. The van der Waals surface area contributed by atoms with Gasteiger partial charge in [0.15, 0.2) is 0 Å². The first-order chi connectivity index (χ1) is 10.2.